The summed E-state index contributed by atoms with van der Waals surface area (Å²) in [5, 5.41) is 0. The van der Waals surface area contributed by atoms with Gasteiger partial charge in [-0.2, -0.15) is 0 Å². The zero-order valence-corrected chi connectivity index (χ0v) is 13.5. The van der Waals surface area contributed by atoms with Crippen molar-refractivity contribution in [1.29, 1.82) is 0 Å². The summed E-state index contributed by atoms with van der Waals surface area (Å²) >= 11 is 0. The molecule has 0 saturated heterocycles. The van der Waals surface area contributed by atoms with E-state index in [0.29, 0.717) is 11.3 Å². The molecule has 0 fully saturated rings. The van der Waals surface area contributed by atoms with E-state index >= 15 is 0 Å². The molecule has 112 valence electrons. The van der Waals surface area contributed by atoms with Crippen molar-refractivity contribution >= 4 is 16.9 Å². The fourth-order valence-corrected chi connectivity index (χ4v) is 4.98. The van der Waals surface area contributed by atoms with Crippen LogP contribution in [0.25, 0.3) is 0 Å². The van der Waals surface area contributed by atoms with Crippen LogP contribution in [0, 0.1) is 6.92 Å². The highest BCUT2D eigenvalue weighted by molar-refractivity contribution is 7.97. The molecule has 1 aliphatic heterocycles. The number of benzene rings is 3. The molecule has 23 heavy (non-hydrogen) atoms. The van der Waals surface area contributed by atoms with Gasteiger partial charge in [-0.25, -0.2) is 4.79 Å². The molecule has 1 aliphatic rings. The fourth-order valence-electron chi connectivity index (χ4n) is 2.72. The molecule has 3 aromatic carbocycles. The minimum atomic E-state index is -0.350. The summed E-state index contributed by atoms with van der Waals surface area (Å²) in [7, 11) is -0.350. The first kappa shape index (κ1) is 14.1. The van der Waals surface area contributed by atoms with Gasteiger partial charge < -0.3 is 4.74 Å². The van der Waals surface area contributed by atoms with Gasteiger partial charge in [0.2, 0.25) is 4.90 Å². The first-order valence-electron chi connectivity index (χ1n) is 7.45. The van der Waals surface area contributed by atoms with E-state index in [1.54, 1.807) is 0 Å². The van der Waals surface area contributed by atoms with Gasteiger partial charge in [0.15, 0.2) is 15.5 Å². The van der Waals surface area contributed by atoms with Gasteiger partial charge in [0.1, 0.15) is 16.5 Å². The Morgan fingerprint density at radius 3 is 2.22 bits per heavy atom. The second-order valence-corrected chi connectivity index (χ2v) is 7.42. The molecule has 1 unspecified atom stereocenters. The Kier molecular flexibility index (Phi) is 3.43. The number of hydrogen-bond acceptors (Lipinski definition) is 2. The highest BCUT2D eigenvalue weighted by Crippen LogP contribution is 2.40. The van der Waals surface area contributed by atoms with Crippen LogP contribution in [0.4, 0.5) is 0 Å². The second kappa shape index (κ2) is 5.60. The number of fused-ring (bicyclic) bond motifs is 2. The lowest BCUT2D eigenvalue weighted by atomic mass is 10.2. The third-order valence-corrected chi connectivity index (χ3v) is 6.17. The van der Waals surface area contributed by atoms with E-state index in [4.69, 9.17) is 4.74 Å². The van der Waals surface area contributed by atoms with E-state index in [0.717, 1.165) is 9.79 Å². The van der Waals surface area contributed by atoms with E-state index in [-0.39, 0.29) is 16.9 Å². The number of hydrogen-bond donors (Lipinski definition) is 0. The number of rotatable bonds is 1. The lowest BCUT2D eigenvalue weighted by molar-refractivity contribution is 0.0728. The predicted molar refractivity (Wildman–Crippen MR) is 91.2 cm³/mol. The zero-order chi connectivity index (χ0) is 15.8. The summed E-state index contributed by atoms with van der Waals surface area (Å²) in [4.78, 5) is 15.7. The number of aryl methyl sites for hydroxylation is 1. The molecular weight excluding hydrogens is 304 g/mol. The van der Waals surface area contributed by atoms with Gasteiger partial charge in [0.25, 0.3) is 0 Å². The maximum Gasteiger partial charge on any atom is 0.348 e. The SMILES string of the molecule is Cc1ccc([S+]2c3ccccc3OC(=O)c3ccccc32)cc1. The number of carbonyl (C=O) groups is 1. The van der Waals surface area contributed by atoms with Crippen LogP contribution in [0.5, 0.6) is 5.75 Å². The van der Waals surface area contributed by atoms with Crippen LogP contribution in [0.3, 0.4) is 0 Å². The van der Waals surface area contributed by atoms with Gasteiger partial charge in [0, 0.05) is 0 Å². The summed E-state index contributed by atoms with van der Waals surface area (Å²) in [5.41, 5.74) is 1.87. The van der Waals surface area contributed by atoms with Gasteiger partial charge in [-0.05, 0) is 43.3 Å². The van der Waals surface area contributed by atoms with E-state index in [1.165, 1.54) is 10.5 Å². The molecule has 0 radical (unpaired) electrons. The Morgan fingerprint density at radius 2 is 1.43 bits per heavy atom. The highest BCUT2D eigenvalue weighted by atomic mass is 32.2. The van der Waals surface area contributed by atoms with Crippen molar-refractivity contribution in [1.82, 2.24) is 0 Å². The van der Waals surface area contributed by atoms with Crippen molar-refractivity contribution in [2.75, 3.05) is 0 Å². The summed E-state index contributed by atoms with van der Waals surface area (Å²) in [6, 6.07) is 24.1. The molecule has 0 N–H and O–H groups in total. The number of esters is 1. The molecule has 3 heteroatoms. The van der Waals surface area contributed by atoms with Crippen molar-refractivity contribution < 1.29 is 9.53 Å². The van der Waals surface area contributed by atoms with E-state index in [2.05, 4.69) is 31.2 Å². The molecule has 0 spiro atoms. The minimum absolute atomic E-state index is 0.282. The van der Waals surface area contributed by atoms with Crippen molar-refractivity contribution in [3.05, 3.63) is 83.9 Å². The largest absolute Gasteiger partial charge is 0.417 e. The maximum absolute atomic E-state index is 12.5. The molecular formula is C20H15O2S+. The monoisotopic (exact) mass is 319 g/mol. The van der Waals surface area contributed by atoms with Crippen LogP contribution in [0.15, 0.2) is 87.5 Å². The summed E-state index contributed by atoms with van der Waals surface area (Å²) in [6.07, 6.45) is 0. The zero-order valence-electron chi connectivity index (χ0n) is 12.7. The maximum atomic E-state index is 12.5. The van der Waals surface area contributed by atoms with Crippen LogP contribution in [-0.4, -0.2) is 5.97 Å². The minimum Gasteiger partial charge on any atom is -0.417 e. The average Bonchev–Trinajstić information content (AvgIpc) is 2.70. The van der Waals surface area contributed by atoms with Gasteiger partial charge in [-0.1, -0.05) is 42.0 Å². The van der Waals surface area contributed by atoms with E-state index in [9.17, 15) is 4.79 Å². The van der Waals surface area contributed by atoms with Gasteiger partial charge >= 0.3 is 5.97 Å². The molecule has 1 atom stereocenters. The first-order valence-corrected chi connectivity index (χ1v) is 8.68. The molecule has 0 bridgehead atoms. The van der Waals surface area contributed by atoms with Crippen LogP contribution in [0.2, 0.25) is 0 Å². The quantitative estimate of drug-likeness (QED) is 0.371. The molecule has 0 aliphatic carbocycles. The summed E-state index contributed by atoms with van der Waals surface area (Å²) < 4.78 is 5.63. The van der Waals surface area contributed by atoms with E-state index < -0.39 is 0 Å². The second-order valence-electron chi connectivity index (χ2n) is 5.45. The smallest absolute Gasteiger partial charge is 0.348 e. The Bertz CT molecular complexity index is 884. The van der Waals surface area contributed by atoms with Gasteiger partial charge in [-0.15, -0.1) is 0 Å². The Hall–Kier alpha value is -2.52. The molecule has 4 rings (SSSR count). The lowest BCUT2D eigenvalue weighted by Crippen LogP contribution is -2.09. The van der Waals surface area contributed by atoms with Crippen LogP contribution in [0.1, 0.15) is 15.9 Å². The third-order valence-electron chi connectivity index (χ3n) is 3.86. The molecule has 0 saturated carbocycles. The number of carbonyl (C=O) groups excluding carboxylic acids is 1. The van der Waals surface area contributed by atoms with Crippen LogP contribution < -0.4 is 4.74 Å². The molecule has 0 aromatic heterocycles. The van der Waals surface area contributed by atoms with Crippen LogP contribution >= 0.6 is 0 Å². The summed E-state index contributed by atoms with van der Waals surface area (Å²) in [5.74, 6) is 0.368. The van der Waals surface area contributed by atoms with Crippen molar-refractivity contribution in [2.24, 2.45) is 0 Å². The number of para-hydroxylation sites is 1. The first-order chi connectivity index (χ1) is 11.2. The summed E-state index contributed by atoms with van der Waals surface area (Å²) in [6.45, 7) is 2.08. The van der Waals surface area contributed by atoms with Gasteiger partial charge in [0.05, 0.1) is 0 Å². The predicted octanol–water partition coefficient (Wildman–Crippen LogP) is 4.62. The van der Waals surface area contributed by atoms with Gasteiger partial charge in [-0.3, -0.25) is 0 Å². The molecule has 2 nitrogen and oxygen atoms in total. The molecule has 3 aromatic rings. The third kappa shape index (κ3) is 2.43. The Morgan fingerprint density at radius 1 is 0.783 bits per heavy atom. The lowest BCUT2D eigenvalue weighted by Gasteiger charge is -2.08. The Labute approximate surface area is 138 Å². The standard InChI is InChI=1S/C20H15O2S/c1-14-10-12-15(13-11-14)23-18-8-4-2-6-16(18)20(21)22-17-7-3-5-9-19(17)23/h2-13H,1H3/q+1. The molecule has 0 amide bonds. The van der Waals surface area contributed by atoms with Crippen molar-refractivity contribution in [2.45, 2.75) is 21.6 Å². The fraction of sp³-hybridized carbons (Fsp3) is 0.0500. The highest BCUT2D eigenvalue weighted by Gasteiger charge is 2.39. The van der Waals surface area contributed by atoms with Crippen LogP contribution in [-0.2, 0) is 10.9 Å². The Balaban J connectivity index is 2.01. The topological polar surface area (TPSA) is 26.3 Å². The molecule has 1 heterocycles. The van der Waals surface area contributed by atoms with Crippen molar-refractivity contribution in [3.8, 4) is 5.75 Å². The average molecular weight is 319 g/mol. The normalized spacial score (nSPS) is 16.0. The van der Waals surface area contributed by atoms with E-state index in [1.807, 2.05) is 48.5 Å². The van der Waals surface area contributed by atoms with Crippen molar-refractivity contribution in [3.63, 3.8) is 0 Å². The number of ether oxygens (including phenoxy) is 1.